The summed E-state index contributed by atoms with van der Waals surface area (Å²) in [6.45, 7) is 1.87. The Bertz CT molecular complexity index is 753. The highest BCUT2D eigenvalue weighted by atomic mass is 35.5. The fourth-order valence-electron chi connectivity index (χ4n) is 3.60. The van der Waals surface area contributed by atoms with Gasteiger partial charge in [0.25, 0.3) is 0 Å². The molecule has 0 aliphatic heterocycles. The number of hydrogen-bond acceptors (Lipinski definition) is 3. The summed E-state index contributed by atoms with van der Waals surface area (Å²) in [4.78, 5) is 17.6. The van der Waals surface area contributed by atoms with Crippen LogP contribution in [0.5, 0.6) is 5.88 Å². The third-order valence-corrected chi connectivity index (χ3v) is 5.31. The number of aromatic nitrogens is 1. The molecule has 1 heterocycles. The van der Waals surface area contributed by atoms with Gasteiger partial charge in [-0.3, -0.25) is 4.79 Å². The zero-order valence-corrected chi connectivity index (χ0v) is 15.4. The summed E-state index contributed by atoms with van der Waals surface area (Å²) >= 11 is 6.03. The van der Waals surface area contributed by atoms with E-state index in [-0.39, 0.29) is 5.91 Å². The van der Waals surface area contributed by atoms with Crippen molar-refractivity contribution < 1.29 is 9.53 Å². The van der Waals surface area contributed by atoms with Gasteiger partial charge in [-0.2, -0.15) is 0 Å². The Labute approximate surface area is 153 Å². The SMILES string of the molecule is COc1ccc(NC(=O)C2(c3ccc(Cl)cc3)CCCCC2)c(C)n1. The molecule has 1 saturated carbocycles. The minimum absolute atomic E-state index is 0.0320. The Balaban J connectivity index is 1.91. The van der Waals surface area contributed by atoms with Crippen molar-refractivity contribution in [1.29, 1.82) is 0 Å². The molecule has 1 amide bonds. The number of carbonyl (C=O) groups excluding carboxylic acids is 1. The molecule has 0 atom stereocenters. The van der Waals surface area contributed by atoms with Gasteiger partial charge < -0.3 is 10.1 Å². The maximum absolute atomic E-state index is 13.3. The predicted molar refractivity (Wildman–Crippen MR) is 100 cm³/mol. The van der Waals surface area contributed by atoms with E-state index in [0.717, 1.165) is 42.6 Å². The fraction of sp³-hybridized carbons (Fsp3) is 0.400. The number of benzene rings is 1. The van der Waals surface area contributed by atoms with Gasteiger partial charge in [-0.15, -0.1) is 0 Å². The molecule has 4 nitrogen and oxygen atoms in total. The lowest BCUT2D eigenvalue weighted by Gasteiger charge is -2.36. The van der Waals surface area contributed by atoms with Crippen LogP contribution in [0.1, 0.15) is 43.4 Å². The molecule has 3 rings (SSSR count). The second-order valence-corrected chi connectivity index (χ2v) is 7.03. The molecule has 25 heavy (non-hydrogen) atoms. The van der Waals surface area contributed by atoms with Crippen LogP contribution in [0, 0.1) is 6.92 Å². The van der Waals surface area contributed by atoms with E-state index < -0.39 is 5.41 Å². The van der Waals surface area contributed by atoms with Crippen LogP contribution in [0.25, 0.3) is 0 Å². The Hall–Kier alpha value is -2.07. The predicted octanol–water partition coefficient (Wildman–Crippen LogP) is 4.89. The van der Waals surface area contributed by atoms with Crippen molar-refractivity contribution in [3.8, 4) is 5.88 Å². The van der Waals surface area contributed by atoms with Crippen LogP contribution < -0.4 is 10.1 Å². The van der Waals surface area contributed by atoms with E-state index >= 15 is 0 Å². The Morgan fingerprint density at radius 1 is 1.12 bits per heavy atom. The molecular weight excluding hydrogens is 336 g/mol. The van der Waals surface area contributed by atoms with Crippen LogP contribution in [0.3, 0.4) is 0 Å². The number of anilines is 1. The molecule has 2 aromatic rings. The summed E-state index contributed by atoms with van der Waals surface area (Å²) in [5.74, 6) is 0.574. The first-order valence-corrected chi connectivity index (χ1v) is 9.02. The van der Waals surface area contributed by atoms with E-state index in [2.05, 4.69) is 10.3 Å². The molecule has 1 aliphatic carbocycles. The van der Waals surface area contributed by atoms with Crippen LogP contribution >= 0.6 is 11.6 Å². The van der Waals surface area contributed by atoms with Gasteiger partial charge in [-0.25, -0.2) is 4.98 Å². The van der Waals surface area contributed by atoms with E-state index in [9.17, 15) is 4.79 Å². The number of nitrogens with zero attached hydrogens (tertiary/aromatic N) is 1. The lowest BCUT2D eigenvalue weighted by molar-refractivity contribution is -0.122. The molecule has 0 spiro atoms. The van der Waals surface area contributed by atoms with E-state index in [0.29, 0.717) is 10.9 Å². The molecule has 0 saturated heterocycles. The van der Waals surface area contributed by atoms with Crippen molar-refractivity contribution in [2.24, 2.45) is 0 Å². The molecule has 1 N–H and O–H groups in total. The smallest absolute Gasteiger partial charge is 0.235 e. The molecule has 0 bridgehead atoms. The monoisotopic (exact) mass is 358 g/mol. The summed E-state index contributed by atoms with van der Waals surface area (Å²) in [6, 6.07) is 11.3. The summed E-state index contributed by atoms with van der Waals surface area (Å²) in [7, 11) is 1.58. The number of amides is 1. The van der Waals surface area contributed by atoms with Crippen LogP contribution in [0.2, 0.25) is 5.02 Å². The van der Waals surface area contributed by atoms with Crippen molar-refractivity contribution in [3.63, 3.8) is 0 Å². The number of rotatable bonds is 4. The first-order chi connectivity index (χ1) is 12.0. The molecule has 5 heteroatoms. The van der Waals surface area contributed by atoms with Crippen LogP contribution in [0.4, 0.5) is 5.69 Å². The lowest BCUT2D eigenvalue weighted by Crippen LogP contribution is -2.42. The molecule has 0 radical (unpaired) electrons. The van der Waals surface area contributed by atoms with Crippen molar-refractivity contribution in [3.05, 3.63) is 52.7 Å². The van der Waals surface area contributed by atoms with E-state index in [1.807, 2.05) is 37.3 Å². The number of ether oxygens (including phenoxy) is 1. The van der Waals surface area contributed by atoms with E-state index in [1.54, 1.807) is 13.2 Å². The van der Waals surface area contributed by atoms with Crippen molar-refractivity contribution in [2.45, 2.75) is 44.4 Å². The Morgan fingerprint density at radius 2 is 1.80 bits per heavy atom. The number of nitrogens with one attached hydrogen (secondary N) is 1. The molecule has 1 aromatic carbocycles. The van der Waals surface area contributed by atoms with Crippen molar-refractivity contribution in [2.75, 3.05) is 12.4 Å². The topological polar surface area (TPSA) is 51.2 Å². The number of aryl methyl sites for hydroxylation is 1. The highest BCUT2D eigenvalue weighted by Crippen LogP contribution is 2.41. The van der Waals surface area contributed by atoms with Gasteiger partial charge in [0.1, 0.15) is 0 Å². The van der Waals surface area contributed by atoms with E-state index in [1.165, 1.54) is 6.42 Å². The molecule has 0 unspecified atom stereocenters. The fourth-order valence-corrected chi connectivity index (χ4v) is 3.72. The van der Waals surface area contributed by atoms with Gasteiger partial charge in [0.05, 0.1) is 23.9 Å². The Morgan fingerprint density at radius 3 is 2.40 bits per heavy atom. The molecule has 1 aliphatic rings. The zero-order valence-electron chi connectivity index (χ0n) is 14.6. The number of carbonyl (C=O) groups is 1. The summed E-state index contributed by atoms with van der Waals surface area (Å²) < 4.78 is 5.14. The van der Waals surface area contributed by atoms with Crippen LogP contribution in [0.15, 0.2) is 36.4 Å². The first kappa shape index (κ1) is 17.7. The van der Waals surface area contributed by atoms with E-state index in [4.69, 9.17) is 16.3 Å². The van der Waals surface area contributed by atoms with Gasteiger partial charge in [-0.1, -0.05) is 43.0 Å². The first-order valence-electron chi connectivity index (χ1n) is 8.64. The number of halogens is 1. The highest BCUT2D eigenvalue weighted by molar-refractivity contribution is 6.30. The van der Waals surface area contributed by atoms with Gasteiger partial charge >= 0.3 is 0 Å². The van der Waals surface area contributed by atoms with Crippen molar-refractivity contribution in [1.82, 2.24) is 4.98 Å². The van der Waals surface area contributed by atoms with Gasteiger partial charge in [-0.05, 0) is 43.5 Å². The van der Waals surface area contributed by atoms with Crippen LogP contribution in [-0.4, -0.2) is 18.0 Å². The van der Waals surface area contributed by atoms with Gasteiger partial charge in [0.15, 0.2) is 0 Å². The second-order valence-electron chi connectivity index (χ2n) is 6.59. The summed E-state index contributed by atoms with van der Waals surface area (Å²) in [5, 5.41) is 3.78. The molecule has 1 fully saturated rings. The summed E-state index contributed by atoms with van der Waals surface area (Å²) in [5.41, 5.74) is 2.00. The second kappa shape index (κ2) is 7.44. The standard InChI is InChI=1S/C20H23ClN2O2/c1-14-17(10-11-18(22-14)25-2)23-19(24)20(12-4-3-5-13-20)15-6-8-16(21)9-7-15/h6-11H,3-5,12-13H2,1-2H3,(H,23,24). The maximum Gasteiger partial charge on any atom is 0.235 e. The van der Waals surface area contributed by atoms with Gasteiger partial charge in [0, 0.05) is 11.1 Å². The minimum Gasteiger partial charge on any atom is -0.481 e. The van der Waals surface area contributed by atoms with Gasteiger partial charge in [0.2, 0.25) is 11.8 Å². The normalized spacial score (nSPS) is 16.3. The Kier molecular flexibility index (Phi) is 5.28. The van der Waals surface area contributed by atoms with Crippen LogP contribution in [-0.2, 0) is 10.2 Å². The third-order valence-electron chi connectivity index (χ3n) is 5.06. The molecular formula is C20H23ClN2O2. The average molecular weight is 359 g/mol. The average Bonchev–Trinajstić information content (AvgIpc) is 2.64. The maximum atomic E-state index is 13.3. The third kappa shape index (κ3) is 3.64. The quantitative estimate of drug-likeness (QED) is 0.846. The zero-order chi connectivity index (χ0) is 17.9. The lowest BCUT2D eigenvalue weighted by atomic mass is 9.68. The van der Waals surface area contributed by atoms with Crippen molar-refractivity contribution >= 4 is 23.2 Å². The minimum atomic E-state index is -0.505. The number of pyridine rings is 1. The largest absolute Gasteiger partial charge is 0.481 e. The highest BCUT2D eigenvalue weighted by Gasteiger charge is 2.41. The molecule has 132 valence electrons. The molecule has 1 aromatic heterocycles. The summed E-state index contributed by atoms with van der Waals surface area (Å²) in [6.07, 6.45) is 4.98. The number of hydrogen-bond donors (Lipinski definition) is 1. The number of methoxy groups -OCH3 is 1.